The third kappa shape index (κ3) is 6.66. The number of carbonyl (C=O) groups excluding carboxylic acids is 3. The minimum atomic E-state index is -1.75. The molecule has 3 aromatic rings. The first kappa shape index (κ1) is 39.3. The molecule has 11 heteroatoms. The number of hydrogen-bond donors (Lipinski definition) is 7. The van der Waals surface area contributed by atoms with E-state index in [-0.39, 0.29) is 42.0 Å². The number of aliphatic hydroxyl groups is 3. The quantitative estimate of drug-likeness (QED) is 0.0403. The molecule has 1 amide bonds. The van der Waals surface area contributed by atoms with Crippen LogP contribution in [-0.4, -0.2) is 73.1 Å². The molecule has 0 bridgehead atoms. The van der Waals surface area contributed by atoms with E-state index in [9.17, 15) is 29.7 Å². The van der Waals surface area contributed by atoms with Gasteiger partial charge in [0, 0.05) is 65.7 Å². The van der Waals surface area contributed by atoms with Gasteiger partial charge in [0.2, 0.25) is 0 Å². The number of hydroxylamine groups is 1. The number of ether oxygens (including phenoxy) is 1. The van der Waals surface area contributed by atoms with Crippen LogP contribution in [0, 0.1) is 36.0 Å². The maximum Gasteiger partial charge on any atom is 0.303 e. The SMILES string of the molecule is CC(=O)O[C@@]12C[C@@H](C)[C@@]3(O)[C@@H](C=C(CO)C[C@]4(O)C(=O)C(C)=C[C@@H]34)[C@@H]1C2(C)C.Cc1[nH]c2ccccc2c1CCNCc1ccc(/C=C/C(=O)NO)cc1. The van der Waals surface area contributed by atoms with Crippen molar-refractivity contribution in [1.82, 2.24) is 15.8 Å². The highest BCUT2D eigenvalue weighted by atomic mass is 16.6. The molecule has 7 atom stereocenters. The Hall–Kier alpha value is -4.39. The van der Waals surface area contributed by atoms with Crippen LogP contribution < -0.4 is 10.8 Å². The number of rotatable bonds is 9. The number of Topliss-reactive ketones (excluding diaryl/α,β-unsaturated/α-hetero) is 1. The number of nitrogens with one attached hydrogen (secondary N) is 3. The standard InChI is InChI=1S/C22H30O6.C21H23N3O2/c1-11-6-16-20(26,18(11)25)9-14(10-23)7-15-17-19(4,5)21(17,28-13(3)24)8-12(2)22(15,16)27;1-15-18(19-4-2-3-5-20(19)23-15)12-13-22-14-17-8-6-16(7-9-17)10-11-21(25)24-26/h6-7,12,15-17,23,26-27H,8-10H2,1-5H3;2-11,22-23,26H,12-14H2,1H3,(H,24,25)/b;11-10+/t12-,15+,16-,17-,20-,21+,22-;/m1./s1. The summed E-state index contributed by atoms with van der Waals surface area (Å²) in [7, 11) is 0. The number of aromatic amines is 1. The Morgan fingerprint density at radius 2 is 1.76 bits per heavy atom. The predicted octanol–water partition coefficient (Wildman–Crippen LogP) is 4.86. The number of ketones is 1. The second-order valence-corrected chi connectivity index (χ2v) is 16.2. The van der Waals surface area contributed by atoms with Crippen LogP contribution in [0.15, 0.2) is 77.9 Å². The van der Waals surface area contributed by atoms with Crippen LogP contribution in [0.4, 0.5) is 0 Å². The summed E-state index contributed by atoms with van der Waals surface area (Å²) in [6, 6.07) is 16.4. The second-order valence-electron chi connectivity index (χ2n) is 16.2. The molecule has 2 aromatic carbocycles. The molecule has 0 unspecified atom stereocenters. The number of carbonyl (C=O) groups is 3. The highest BCUT2D eigenvalue weighted by molar-refractivity contribution is 6.04. The first-order valence-corrected chi connectivity index (χ1v) is 18.7. The number of para-hydroxylation sites is 1. The van der Waals surface area contributed by atoms with Crippen LogP contribution in [-0.2, 0) is 32.1 Å². The van der Waals surface area contributed by atoms with Crippen LogP contribution in [0.3, 0.4) is 0 Å². The summed E-state index contributed by atoms with van der Waals surface area (Å²) in [5.74, 6) is -2.96. The topological polar surface area (TPSA) is 181 Å². The maximum atomic E-state index is 12.8. The van der Waals surface area contributed by atoms with E-state index in [0.29, 0.717) is 17.6 Å². The second kappa shape index (κ2) is 14.7. The van der Waals surface area contributed by atoms with Crippen LogP contribution in [0.5, 0.6) is 0 Å². The number of aromatic nitrogens is 1. The molecule has 1 heterocycles. The lowest BCUT2D eigenvalue weighted by Gasteiger charge is -2.50. The molecule has 1 aromatic heterocycles. The Morgan fingerprint density at radius 1 is 1.06 bits per heavy atom. The fourth-order valence-electron chi connectivity index (χ4n) is 9.91. The van der Waals surface area contributed by atoms with E-state index in [1.165, 1.54) is 40.7 Å². The monoisotopic (exact) mass is 739 g/mol. The van der Waals surface area contributed by atoms with Crippen LogP contribution in [0.1, 0.15) is 69.8 Å². The summed E-state index contributed by atoms with van der Waals surface area (Å²) in [6.07, 6.45) is 7.92. The number of H-pyrrole nitrogens is 1. The van der Waals surface area contributed by atoms with Crippen LogP contribution >= 0.6 is 0 Å². The number of aryl methyl sites for hydroxylation is 1. The fraction of sp³-hybridized carbons (Fsp3) is 0.465. The minimum Gasteiger partial charge on any atom is -0.458 e. The van der Waals surface area contributed by atoms with Gasteiger partial charge in [-0.15, -0.1) is 0 Å². The molecule has 7 rings (SSSR count). The summed E-state index contributed by atoms with van der Waals surface area (Å²) in [5.41, 5.74) is 4.27. The lowest BCUT2D eigenvalue weighted by Crippen LogP contribution is -2.61. The highest BCUT2D eigenvalue weighted by Crippen LogP contribution is 2.76. The van der Waals surface area contributed by atoms with Gasteiger partial charge in [-0.25, -0.2) is 5.48 Å². The average Bonchev–Trinajstić information content (AvgIpc) is 3.32. The number of fused-ring (bicyclic) bond motifs is 6. The van der Waals surface area contributed by atoms with Crippen molar-refractivity contribution in [2.75, 3.05) is 13.2 Å². The zero-order valence-corrected chi connectivity index (χ0v) is 31.9. The van der Waals surface area contributed by atoms with E-state index in [1.54, 1.807) is 24.6 Å². The number of esters is 1. The average molecular weight is 740 g/mol. The van der Waals surface area contributed by atoms with Gasteiger partial charge < -0.3 is 30.4 Å². The van der Waals surface area contributed by atoms with E-state index >= 15 is 0 Å². The molecule has 0 saturated heterocycles. The Morgan fingerprint density at radius 3 is 2.43 bits per heavy atom. The van der Waals surface area contributed by atoms with E-state index in [4.69, 9.17) is 9.94 Å². The molecule has 0 aliphatic heterocycles. The van der Waals surface area contributed by atoms with Gasteiger partial charge in [0.15, 0.2) is 5.78 Å². The molecule has 0 spiro atoms. The summed E-state index contributed by atoms with van der Waals surface area (Å²) in [6.45, 7) is 12.5. The predicted molar refractivity (Wildman–Crippen MR) is 205 cm³/mol. The fourth-order valence-corrected chi connectivity index (χ4v) is 9.91. The van der Waals surface area contributed by atoms with Gasteiger partial charge in [0.1, 0.15) is 11.2 Å². The maximum absolute atomic E-state index is 12.8. The van der Waals surface area contributed by atoms with E-state index in [1.807, 2.05) is 51.1 Å². The van der Waals surface area contributed by atoms with Gasteiger partial charge in [-0.3, -0.25) is 19.6 Å². The van der Waals surface area contributed by atoms with Crippen molar-refractivity contribution in [1.29, 1.82) is 0 Å². The Kier molecular flexibility index (Phi) is 10.7. The van der Waals surface area contributed by atoms with Gasteiger partial charge >= 0.3 is 5.97 Å². The number of benzene rings is 2. The van der Waals surface area contributed by atoms with Crippen molar-refractivity contribution >= 4 is 34.6 Å². The van der Waals surface area contributed by atoms with Crippen LogP contribution in [0.25, 0.3) is 17.0 Å². The molecule has 2 fully saturated rings. The Balaban J connectivity index is 0.000000185. The minimum absolute atomic E-state index is 0.0000834. The van der Waals surface area contributed by atoms with Crippen molar-refractivity contribution in [2.24, 2.45) is 29.1 Å². The molecule has 0 radical (unpaired) electrons. The molecule has 2 saturated carbocycles. The molecule has 4 aliphatic rings. The zero-order valence-electron chi connectivity index (χ0n) is 31.9. The van der Waals surface area contributed by atoms with E-state index in [0.717, 1.165) is 25.1 Å². The molecule has 4 aliphatic carbocycles. The normalized spacial score (nSPS) is 30.6. The van der Waals surface area contributed by atoms with Gasteiger partial charge in [-0.05, 0) is 79.1 Å². The van der Waals surface area contributed by atoms with Crippen molar-refractivity contribution in [3.63, 3.8) is 0 Å². The molecule has 11 nitrogen and oxygen atoms in total. The van der Waals surface area contributed by atoms with Crippen molar-refractivity contribution in [3.8, 4) is 0 Å². The third-order valence-electron chi connectivity index (χ3n) is 12.6. The molecular weight excluding hydrogens is 686 g/mol. The van der Waals surface area contributed by atoms with Crippen molar-refractivity contribution in [2.45, 2.75) is 84.2 Å². The summed E-state index contributed by atoms with van der Waals surface area (Å²) in [4.78, 5) is 39.1. The van der Waals surface area contributed by atoms with Gasteiger partial charge in [-0.2, -0.15) is 0 Å². The Labute approximate surface area is 316 Å². The zero-order chi connectivity index (χ0) is 39.2. The summed E-state index contributed by atoms with van der Waals surface area (Å²) >= 11 is 0. The summed E-state index contributed by atoms with van der Waals surface area (Å²) in [5, 5.41) is 46.6. The Bertz CT molecular complexity index is 2030. The van der Waals surface area contributed by atoms with Gasteiger partial charge in [0.05, 0.1) is 12.2 Å². The largest absolute Gasteiger partial charge is 0.458 e. The number of hydrogen-bond acceptors (Lipinski definition) is 9. The number of amides is 1. The van der Waals surface area contributed by atoms with Crippen LogP contribution in [0.2, 0.25) is 0 Å². The third-order valence-corrected chi connectivity index (χ3v) is 12.6. The van der Waals surface area contributed by atoms with E-state index < -0.39 is 34.5 Å². The van der Waals surface area contributed by atoms with Crippen molar-refractivity contribution in [3.05, 3.63) is 100 Å². The smallest absolute Gasteiger partial charge is 0.303 e. The molecule has 7 N–H and O–H groups in total. The highest BCUT2D eigenvalue weighted by Gasteiger charge is 2.83. The lowest BCUT2D eigenvalue weighted by molar-refractivity contribution is -0.186. The van der Waals surface area contributed by atoms with Crippen molar-refractivity contribution < 1.29 is 39.6 Å². The summed E-state index contributed by atoms with van der Waals surface area (Å²) < 4.78 is 5.83. The molecular formula is C43H53N3O8. The first-order chi connectivity index (χ1) is 25.5. The molecule has 288 valence electrons. The first-order valence-electron chi connectivity index (χ1n) is 18.7. The molecule has 54 heavy (non-hydrogen) atoms. The number of aliphatic hydroxyl groups excluding tert-OH is 1. The van der Waals surface area contributed by atoms with E-state index in [2.05, 4.69) is 41.5 Å². The lowest BCUT2D eigenvalue weighted by atomic mass is 9.60. The van der Waals surface area contributed by atoms with Gasteiger partial charge in [-0.1, -0.05) is 75.4 Å². The van der Waals surface area contributed by atoms with Gasteiger partial charge in [0.25, 0.3) is 5.91 Å².